The Morgan fingerprint density at radius 2 is 1.61 bits per heavy atom. The number of primary amides is 1. The summed E-state index contributed by atoms with van der Waals surface area (Å²) in [5.74, 6) is -6.32. The van der Waals surface area contributed by atoms with Crippen molar-refractivity contribution >= 4 is 53.2 Å². The van der Waals surface area contributed by atoms with E-state index in [-0.39, 0.29) is 32.2 Å². The average molecular weight is 716 g/mol. The molecule has 0 radical (unpaired) electrons. The lowest BCUT2D eigenvalue weighted by molar-refractivity contribution is -0.134. The van der Waals surface area contributed by atoms with Crippen molar-refractivity contribution in [1.82, 2.24) is 42.5 Å². The SMILES string of the molecule is CCCC[C@H](NC(C)=O)C(=O)NC1CCC(=O)NCCC(C(=O)NCC(N)=O)NC(=O)C(C)NC(=O)C(Cc2ccccc2)NC(=O)CNC1=O. The second-order valence-electron chi connectivity index (χ2n) is 12.1. The third kappa shape index (κ3) is 15.7. The normalized spacial score (nSPS) is 21.7. The fraction of sp³-hybridized carbons (Fsp3) is 0.545. The van der Waals surface area contributed by atoms with Crippen molar-refractivity contribution in [2.75, 3.05) is 19.6 Å². The number of nitrogens with two attached hydrogens (primary N) is 1. The second kappa shape index (κ2) is 21.5. The van der Waals surface area contributed by atoms with Gasteiger partial charge in [0.05, 0.1) is 13.1 Å². The molecule has 4 unspecified atom stereocenters. The standard InChI is InChI=1S/C33H49N9O9/c1-4-5-11-22(39-20(3)43)32(50)42-23-12-13-27(45)35-15-14-24(31(49)36-17-26(34)44)41-29(47)19(2)38-33(51)25(16-21-9-7-6-8-10-21)40-28(46)18-37-30(23)48/h6-10,19,22-25H,4-5,11-18H2,1-3H3,(H2,34,44)(H,35,45)(H,36,49)(H,37,48)(H,38,51)(H,39,43)(H,40,46)(H,41,47)(H,42,50)/t19?,22-,23?,24?,25?/m0/s1. The lowest BCUT2D eigenvalue weighted by atomic mass is 10.0. The molecule has 0 saturated carbocycles. The predicted molar refractivity (Wildman–Crippen MR) is 183 cm³/mol. The van der Waals surface area contributed by atoms with Gasteiger partial charge in [0.2, 0.25) is 53.2 Å². The Kier molecular flexibility index (Phi) is 17.6. The summed E-state index contributed by atoms with van der Waals surface area (Å²) in [5, 5.41) is 20.0. The molecule has 5 atom stereocenters. The number of nitrogens with one attached hydrogen (secondary N) is 8. The quantitative estimate of drug-likeness (QED) is 0.112. The first-order valence-electron chi connectivity index (χ1n) is 16.8. The van der Waals surface area contributed by atoms with Gasteiger partial charge in [-0.25, -0.2) is 0 Å². The Hall–Kier alpha value is -5.55. The van der Waals surface area contributed by atoms with Crippen molar-refractivity contribution in [2.24, 2.45) is 5.73 Å². The number of hydrogen-bond donors (Lipinski definition) is 9. The minimum Gasteiger partial charge on any atom is -0.368 e. The molecule has 9 amide bonds. The molecule has 0 spiro atoms. The lowest BCUT2D eigenvalue weighted by Gasteiger charge is -2.24. The van der Waals surface area contributed by atoms with Gasteiger partial charge in [-0.05, 0) is 31.7 Å². The van der Waals surface area contributed by atoms with Crippen molar-refractivity contribution in [1.29, 1.82) is 0 Å². The van der Waals surface area contributed by atoms with Crippen LogP contribution in [0.15, 0.2) is 30.3 Å². The summed E-state index contributed by atoms with van der Waals surface area (Å²) in [4.78, 5) is 115. The minimum atomic E-state index is -1.30. The van der Waals surface area contributed by atoms with Gasteiger partial charge in [-0.15, -0.1) is 0 Å². The van der Waals surface area contributed by atoms with E-state index in [1.54, 1.807) is 30.3 Å². The highest BCUT2D eigenvalue weighted by Crippen LogP contribution is 2.07. The van der Waals surface area contributed by atoms with E-state index in [0.717, 1.165) is 6.42 Å². The Morgan fingerprint density at radius 1 is 0.902 bits per heavy atom. The lowest BCUT2D eigenvalue weighted by Crippen LogP contribution is -2.57. The van der Waals surface area contributed by atoms with Crippen LogP contribution in [0.3, 0.4) is 0 Å². The van der Waals surface area contributed by atoms with Crippen molar-refractivity contribution in [2.45, 2.75) is 95.9 Å². The zero-order valence-electron chi connectivity index (χ0n) is 29.1. The summed E-state index contributed by atoms with van der Waals surface area (Å²) in [7, 11) is 0. The largest absolute Gasteiger partial charge is 0.368 e. The predicted octanol–water partition coefficient (Wildman–Crippen LogP) is -3.10. The molecule has 1 aromatic rings. The third-order valence-corrected chi connectivity index (χ3v) is 7.77. The van der Waals surface area contributed by atoms with Crippen LogP contribution in [0.1, 0.15) is 64.9 Å². The molecule has 1 aliphatic rings. The van der Waals surface area contributed by atoms with Crippen LogP contribution in [0.4, 0.5) is 0 Å². The average Bonchev–Trinajstić information content (AvgIpc) is 3.08. The van der Waals surface area contributed by atoms with Crippen LogP contribution < -0.4 is 48.3 Å². The summed E-state index contributed by atoms with van der Waals surface area (Å²) >= 11 is 0. The molecule has 51 heavy (non-hydrogen) atoms. The molecule has 0 bridgehead atoms. The first-order valence-corrected chi connectivity index (χ1v) is 16.8. The van der Waals surface area contributed by atoms with Gasteiger partial charge in [-0.3, -0.25) is 43.2 Å². The van der Waals surface area contributed by atoms with E-state index < -0.39 is 96.5 Å². The molecule has 10 N–H and O–H groups in total. The highest BCUT2D eigenvalue weighted by Gasteiger charge is 2.30. The van der Waals surface area contributed by atoms with E-state index in [4.69, 9.17) is 5.73 Å². The molecular formula is C33H49N9O9. The molecule has 18 nitrogen and oxygen atoms in total. The molecule has 0 aromatic heterocycles. The van der Waals surface area contributed by atoms with Gasteiger partial charge < -0.3 is 48.3 Å². The molecule has 2 rings (SSSR count). The van der Waals surface area contributed by atoms with Gasteiger partial charge >= 0.3 is 0 Å². The van der Waals surface area contributed by atoms with Crippen LogP contribution in [-0.2, 0) is 49.6 Å². The van der Waals surface area contributed by atoms with E-state index in [1.807, 2.05) is 6.92 Å². The third-order valence-electron chi connectivity index (χ3n) is 7.77. The molecule has 1 saturated heterocycles. The number of carbonyl (C=O) groups excluding carboxylic acids is 9. The number of amides is 9. The van der Waals surface area contributed by atoms with Crippen LogP contribution in [0, 0.1) is 0 Å². The number of benzene rings is 1. The van der Waals surface area contributed by atoms with Crippen LogP contribution >= 0.6 is 0 Å². The maximum atomic E-state index is 13.4. The zero-order valence-corrected chi connectivity index (χ0v) is 29.1. The summed E-state index contributed by atoms with van der Waals surface area (Å²) in [5.41, 5.74) is 5.81. The van der Waals surface area contributed by atoms with Crippen molar-refractivity contribution in [3.05, 3.63) is 35.9 Å². The van der Waals surface area contributed by atoms with Gasteiger partial charge in [-0.2, -0.15) is 0 Å². The number of rotatable bonds is 11. The number of unbranched alkanes of at least 4 members (excludes halogenated alkanes) is 1. The summed E-state index contributed by atoms with van der Waals surface area (Å²) in [6, 6.07) is 2.82. The highest BCUT2D eigenvalue weighted by atomic mass is 16.2. The molecule has 1 heterocycles. The topological polar surface area (TPSA) is 276 Å². The monoisotopic (exact) mass is 715 g/mol. The molecule has 1 aromatic carbocycles. The van der Waals surface area contributed by atoms with Gasteiger partial charge in [0, 0.05) is 26.3 Å². The second-order valence-corrected chi connectivity index (χ2v) is 12.1. The summed E-state index contributed by atoms with van der Waals surface area (Å²) < 4.78 is 0. The fourth-order valence-corrected chi connectivity index (χ4v) is 5.02. The first kappa shape index (κ1) is 41.6. The number of carbonyl (C=O) groups is 9. The van der Waals surface area contributed by atoms with Crippen molar-refractivity contribution in [3.63, 3.8) is 0 Å². The minimum absolute atomic E-state index is 0.0214. The maximum Gasteiger partial charge on any atom is 0.243 e. The zero-order chi connectivity index (χ0) is 37.9. The van der Waals surface area contributed by atoms with Gasteiger partial charge in [0.25, 0.3) is 0 Å². The molecule has 1 aliphatic heterocycles. The fourth-order valence-electron chi connectivity index (χ4n) is 5.02. The number of hydrogen-bond acceptors (Lipinski definition) is 9. The van der Waals surface area contributed by atoms with Gasteiger partial charge in [0.1, 0.15) is 30.2 Å². The Labute approximate surface area is 295 Å². The maximum absolute atomic E-state index is 13.4. The molecule has 280 valence electrons. The van der Waals surface area contributed by atoms with Crippen LogP contribution in [0.25, 0.3) is 0 Å². The molecule has 0 aliphatic carbocycles. The van der Waals surface area contributed by atoms with E-state index >= 15 is 0 Å². The van der Waals surface area contributed by atoms with E-state index in [9.17, 15) is 43.2 Å². The molecule has 18 heteroatoms. The summed E-state index contributed by atoms with van der Waals surface area (Å²) in [6.45, 7) is 3.29. The van der Waals surface area contributed by atoms with Crippen LogP contribution in [-0.4, -0.2) is 103 Å². The Morgan fingerprint density at radius 3 is 2.25 bits per heavy atom. The smallest absolute Gasteiger partial charge is 0.243 e. The van der Waals surface area contributed by atoms with E-state index in [2.05, 4.69) is 42.5 Å². The van der Waals surface area contributed by atoms with Crippen LogP contribution in [0.2, 0.25) is 0 Å². The highest BCUT2D eigenvalue weighted by molar-refractivity contribution is 5.96. The van der Waals surface area contributed by atoms with Crippen molar-refractivity contribution < 1.29 is 43.2 Å². The van der Waals surface area contributed by atoms with Gasteiger partial charge in [0.15, 0.2) is 0 Å². The van der Waals surface area contributed by atoms with Crippen LogP contribution in [0.5, 0.6) is 0 Å². The van der Waals surface area contributed by atoms with Crippen molar-refractivity contribution in [3.8, 4) is 0 Å². The van der Waals surface area contributed by atoms with E-state index in [1.165, 1.54) is 13.8 Å². The Bertz CT molecular complexity index is 1420. The Balaban J connectivity index is 2.37. The van der Waals surface area contributed by atoms with E-state index in [0.29, 0.717) is 18.4 Å². The van der Waals surface area contributed by atoms with Gasteiger partial charge in [-0.1, -0.05) is 50.1 Å². The molecular weight excluding hydrogens is 666 g/mol. The molecule has 1 fully saturated rings. The first-order chi connectivity index (χ1) is 24.2. The summed E-state index contributed by atoms with van der Waals surface area (Å²) in [6.07, 6.45) is 1.05.